The molecular weight excluding hydrogens is 155 g/mol. The molecule has 1 heterocycles. The van der Waals surface area contributed by atoms with Gasteiger partial charge in [0.05, 0.1) is 5.69 Å². The fourth-order valence-corrected chi connectivity index (χ4v) is 1.20. The zero-order chi connectivity index (χ0) is 8.39. The van der Waals surface area contributed by atoms with E-state index < -0.39 is 0 Å². The number of nitrogens with zero attached hydrogens (tertiary/aromatic N) is 2. The van der Waals surface area contributed by atoms with Gasteiger partial charge in [-0.1, -0.05) is 0 Å². The van der Waals surface area contributed by atoms with Crippen molar-refractivity contribution in [3.63, 3.8) is 0 Å². The summed E-state index contributed by atoms with van der Waals surface area (Å²) in [5, 5.41) is 5.98. The van der Waals surface area contributed by atoms with Crippen molar-refractivity contribution in [3.05, 3.63) is 30.1 Å². The molecule has 0 fully saturated rings. The lowest BCUT2D eigenvalue weighted by Crippen LogP contribution is -2.11. The lowest BCUT2D eigenvalue weighted by atomic mass is 10.3. The van der Waals surface area contributed by atoms with E-state index in [0.29, 0.717) is 0 Å². The maximum Gasteiger partial charge on any atom is 0.123 e. The minimum Gasteiger partial charge on any atom is -0.266 e. The van der Waals surface area contributed by atoms with Crippen LogP contribution in [0, 0.1) is 5.82 Å². The summed E-state index contributed by atoms with van der Waals surface area (Å²) >= 11 is 0. The number of halogens is 1. The van der Waals surface area contributed by atoms with E-state index in [1.54, 1.807) is 12.1 Å². The average Bonchev–Trinajstić information content (AvgIpc) is 2.58. The molecule has 0 saturated heterocycles. The SMILES string of the molecule is Fc1ccc(N2CCC=N2)cc1. The lowest BCUT2D eigenvalue weighted by Gasteiger charge is -2.12. The third kappa shape index (κ3) is 1.30. The number of hydrazone groups is 1. The Kier molecular flexibility index (Phi) is 1.78. The van der Waals surface area contributed by atoms with Gasteiger partial charge < -0.3 is 0 Å². The van der Waals surface area contributed by atoms with E-state index in [4.69, 9.17) is 0 Å². The number of hydrogen-bond donors (Lipinski definition) is 0. The van der Waals surface area contributed by atoms with E-state index in [1.807, 2.05) is 11.2 Å². The van der Waals surface area contributed by atoms with Crippen molar-refractivity contribution in [3.8, 4) is 0 Å². The number of rotatable bonds is 1. The molecule has 1 aliphatic rings. The first-order valence-corrected chi connectivity index (χ1v) is 3.92. The van der Waals surface area contributed by atoms with Crippen molar-refractivity contribution in [1.29, 1.82) is 0 Å². The molecule has 0 amide bonds. The molecule has 0 unspecified atom stereocenters. The monoisotopic (exact) mass is 164 g/mol. The third-order valence-corrected chi connectivity index (χ3v) is 1.82. The van der Waals surface area contributed by atoms with Crippen molar-refractivity contribution in [2.75, 3.05) is 11.6 Å². The van der Waals surface area contributed by atoms with E-state index in [1.165, 1.54) is 12.1 Å². The molecule has 62 valence electrons. The molecule has 0 spiro atoms. The first-order chi connectivity index (χ1) is 5.86. The molecular formula is C9H9FN2. The first kappa shape index (κ1) is 7.28. The Labute approximate surface area is 70.3 Å². The highest BCUT2D eigenvalue weighted by Gasteiger charge is 2.07. The minimum atomic E-state index is -0.207. The minimum absolute atomic E-state index is 0.207. The molecule has 0 radical (unpaired) electrons. The van der Waals surface area contributed by atoms with Gasteiger partial charge in [-0.3, -0.25) is 5.01 Å². The van der Waals surface area contributed by atoms with Gasteiger partial charge in [-0.2, -0.15) is 5.10 Å². The van der Waals surface area contributed by atoms with Crippen molar-refractivity contribution in [1.82, 2.24) is 0 Å². The Morgan fingerprint density at radius 1 is 1.25 bits per heavy atom. The van der Waals surface area contributed by atoms with Crippen LogP contribution in [0.25, 0.3) is 0 Å². The summed E-state index contributed by atoms with van der Waals surface area (Å²) in [4.78, 5) is 0. The molecule has 0 bridgehead atoms. The molecule has 1 aromatic rings. The van der Waals surface area contributed by atoms with Gasteiger partial charge in [0.2, 0.25) is 0 Å². The molecule has 0 N–H and O–H groups in total. The second-order valence-corrected chi connectivity index (χ2v) is 2.69. The Hall–Kier alpha value is -1.38. The van der Waals surface area contributed by atoms with Crippen LogP contribution in [0.1, 0.15) is 6.42 Å². The molecule has 0 aliphatic carbocycles. The van der Waals surface area contributed by atoms with Gasteiger partial charge in [0.1, 0.15) is 5.82 Å². The topological polar surface area (TPSA) is 15.6 Å². The molecule has 0 atom stereocenters. The quantitative estimate of drug-likeness (QED) is 0.620. The highest BCUT2D eigenvalue weighted by molar-refractivity contribution is 5.65. The van der Waals surface area contributed by atoms with E-state index in [0.717, 1.165) is 18.7 Å². The molecule has 2 rings (SSSR count). The van der Waals surface area contributed by atoms with Crippen LogP contribution in [-0.2, 0) is 0 Å². The van der Waals surface area contributed by atoms with Crippen LogP contribution in [0.15, 0.2) is 29.4 Å². The Morgan fingerprint density at radius 3 is 2.58 bits per heavy atom. The van der Waals surface area contributed by atoms with E-state index in [-0.39, 0.29) is 5.82 Å². The van der Waals surface area contributed by atoms with Gasteiger partial charge in [0, 0.05) is 19.2 Å². The Morgan fingerprint density at radius 2 is 2.00 bits per heavy atom. The highest BCUT2D eigenvalue weighted by Crippen LogP contribution is 2.17. The second-order valence-electron chi connectivity index (χ2n) is 2.69. The standard InChI is InChI=1S/C9H9FN2/c10-8-2-4-9(5-3-8)12-7-1-6-11-12/h2-6H,1,7H2. The predicted octanol–water partition coefficient (Wildman–Crippen LogP) is 2.02. The van der Waals surface area contributed by atoms with E-state index in [2.05, 4.69) is 5.10 Å². The van der Waals surface area contributed by atoms with Gasteiger partial charge >= 0.3 is 0 Å². The third-order valence-electron chi connectivity index (χ3n) is 1.82. The number of benzene rings is 1. The van der Waals surface area contributed by atoms with Crippen molar-refractivity contribution < 1.29 is 4.39 Å². The fourth-order valence-electron chi connectivity index (χ4n) is 1.20. The van der Waals surface area contributed by atoms with Crippen LogP contribution in [0.4, 0.5) is 10.1 Å². The number of anilines is 1. The molecule has 2 nitrogen and oxygen atoms in total. The second kappa shape index (κ2) is 2.93. The van der Waals surface area contributed by atoms with Gasteiger partial charge in [-0.05, 0) is 24.3 Å². The highest BCUT2D eigenvalue weighted by atomic mass is 19.1. The van der Waals surface area contributed by atoms with E-state index >= 15 is 0 Å². The largest absolute Gasteiger partial charge is 0.266 e. The van der Waals surface area contributed by atoms with Crippen LogP contribution < -0.4 is 5.01 Å². The lowest BCUT2D eigenvalue weighted by molar-refractivity contribution is 0.627. The van der Waals surface area contributed by atoms with Gasteiger partial charge in [-0.15, -0.1) is 0 Å². The van der Waals surface area contributed by atoms with Crippen LogP contribution in [0.3, 0.4) is 0 Å². The summed E-state index contributed by atoms with van der Waals surface area (Å²) in [5.74, 6) is -0.207. The molecule has 1 aromatic carbocycles. The molecule has 12 heavy (non-hydrogen) atoms. The van der Waals surface area contributed by atoms with Crippen molar-refractivity contribution >= 4 is 11.9 Å². The molecule has 1 aliphatic heterocycles. The van der Waals surface area contributed by atoms with Gasteiger partial charge in [0.25, 0.3) is 0 Å². The van der Waals surface area contributed by atoms with E-state index in [9.17, 15) is 4.39 Å². The normalized spacial score (nSPS) is 15.6. The maximum absolute atomic E-state index is 12.5. The zero-order valence-corrected chi connectivity index (χ0v) is 6.57. The average molecular weight is 164 g/mol. The summed E-state index contributed by atoms with van der Waals surface area (Å²) in [6.07, 6.45) is 2.83. The van der Waals surface area contributed by atoms with Crippen LogP contribution in [0.5, 0.6) is 0 Å². The van der Waals surface area contributed by atoms with Gasteiger partial charge in [0.15, 0.2) is 0 Å². The van der Waals surface area contributed by atoms with Crippen LogP contribution in [-0.4, -0.2) is 12.8 Å². The molecule has 0 aromatic heterocycles. The van der Waals surface area contributed by atoms with Crippen molar-refractivity contribution in [2.24, 2.45) is 5.10 Å². The van der Waals surface area contributed by atoms with Gasteiger partial charge in [-0.25, -0.2) is 4.39 Å². The molecule has 3 heteroatoms. The first-order valence-electron chi connectivity index (χ1n) is 3.92. The number of hydrogen-bond acceptors (Lipinski definition) is 2. The summed E-state index contributed by atoms with van der Waals surface area (Å²) in [7, 11) is 0. The predicted molar refractivity (Wildman–Crippen MR) is 46.9 cm³/mol. The molecule has 0 saturated carbocycles. The summed E-state index contributed by atoms with van der Waals surface area (Å²) in [5.41, 5.74) is 0.949. The van der Waals surface area contributed by atoms with Crippen LogP contribution >= 0.6 is 0 Å². The zero-order valence-electron chi connectivity index (χ0n) is 6.57. The van der Waals surface area contributed by atoms with Crippen LogP contribution in [0.2, 0.25) is 0 Å². The summed E-state index contributed by atoms with van der Waals surface area (Å²) in [6.45, 7) is 0.894. The maximum atomic E-state index is 12.5. The smallest absolute Gasteiger partial charge is 0.123 e. The summed E-state index contributed by atoms with van der Waals surface area (Å²) < 4.78 is 12.5. The summed E-state index contributed by atoms with van der Waals surface area (Å²) in [6, 6.07) is 6.36. The Balaban J connectivity index is 2.23. The van der Waals surface area contributed by atoms with Crippen molar-refractivity contribution in [2.45, 2.75) is 6.42 Å². The fraction of sp³-hybridized carbons (Fsp3) is 0.222. The Bertz CT molecular complexity index is 292.